The van der Waals surface area contributed by atoms with Gasteiger partial charge in [-0.2, -0.15) is 0 Å². The molecule has 2 heteroatoms. The summed E-state index contributed by atoms with van der Waals surface area (Å²) in [6.45, 7) is 6.04. The molecule has 0 fully saturated rings. The summed E-state index contributed by atoms with van der Waals surface area (Å²) in [4.78, 5) is 0. The van der Waals surface area contributed by atoms with Gasteiger partial charge in [0.25, 0.3) is 0 Å². The Balaban J connectivity index is 0. The smallest absolute Gasteiger partial charge is 0.00519 e. The highest BCUT2D eigenvalue weighted by molar-refractivity contribution is 4.48. The first kappa shape index (κ1) is 17.3. The van der Waals surface area contributed by atoms with Gasteiger partial charge < -0.3 is 11.1 Å². The minimum Gasteiger partial charge on any atom is -0.330 e. The van der Waals surface area contributed by atoms with E-state index in [1.54, 1.807) is 0 Å². The minimum absolute atomic E-state index is 0.863. The highest BCUT2D eigenvalue weighted by Gasteiger charge is 1.90. The molecular formula is C13H32N2. The van der Waals surface area contributed by atoms with Gasteiger partial charge in [0, 0.05) is 0 Å². The molecule has 0 heterocycles. The molecule has 0 spiro atoms. The zero-order chi connectivity index (χ0) is 11.8. The molecule has 0 radical (unpaired) electrons. The van der Waals surface area contributed by atoms with Crippen molar-refractivity contribution in [3.05, 3.63) is 0 Å². The van der Waals surface area contributed by atoms with Gasteiger partial charge in [0.2, 0.25) is 0 Å². The molecule has 0 atom stereocenters. The fraction of sp³-hybridized carbons (Fsp3) is 1.00. The first-order valence-corrected chi connectivity index (χ1v) is 6.76. The average molecular weight is 216 g/mol. The summed E-state index contributed by atoms with van der Waals surface area (Å²) in [5.41, 5.74) is 5.42. The fourth-order valence-electron chi connectivity index (χ4n) is 1.51. The molecule has 0 aliphatic carbocycles. The van der Waals surface area contributed by atoms with Gasteiger partial charge in [0.1, 0.15) is 0 Å². The number of hydrogen-bond acceptors (Lipinski definition) is 2. The number of unbranched alkanes of at least 4 members (excludes halogenated alkanes) is 7. The van der Waals surface area contributed by atoms with Gasteiger partial charge in [0.15, 0.2) is 0 Å². The zero-order valence-corrected chi connectivity index (χ0v) is 11.1. The largest absolute Gasteiger partial charge is 0.330 e. The second kappa shape index (κ2) is 19.5. The van der Waals surface area contributed by atoms with Crippen molar-refractivity contribution in [3.8, 4) is 0 Å². The predicted molar refractivity (Wildman–Crippen MR) is 71.3 cm³/mol. The molecule has 0 rings (SSSR count). The summed E-state index contributed by atoms with van der Waals surface area (Å²) in [6.07, 6.45) is 10.9. The van der Waals surface area contributed by atoms with Crippen molar-refractivity contribution < 1.29 is 0 Å². The van der Waals surface area contributed by atoms with Gasteiger partial charge in [-0.15, -0.1) is 0 Å². The first-order valence-electron chi connectivity index (χ1n) is 6.76. The van der Waals surface area contributed by atoms with Crippen LogP contribution in [0.3, 0.4) is 0 Å². The number of rotatable bonds is 10. The second-order valence-corrected chi connectivity index (χ2v) is 3.72. The summed E-state index contributed by atoms with van der Waals surface area (Å²) in [5, 5.41) is 3.17. The molecule has 0 aliphatic heterocycles. The molecule has 0 aromatic heterocycles. The summed E-state index contributed by atoms with van der Waals surface area (Å²) >= 11 is 0. The lowest BCUT2D eigenvalue weighted by molar-refractivity contribution is 0.563. The summed E-state index contributed by atoms with van der Waals surface area (Å²) < 4.78 is 0. The topological polar surface area (TPSA) is 38.0 Å². The molecule has 0 aliphatic rings. The van der Waals surface area contributed by atoms with E-state index in [1.165, 1.54) is 57.9 Å². The van der Waals surface area contributed by atoms with Crippen LogP contribution in [0.25, 0.3) is 0 Å². The highest BCUT2D eigenvalue weighted by atomic mass is 14.8. The van der Waals surface area contributed by atoms with Crippen LogP contribution in [-0.2, 0) is 0 Å². The quantitative estimate of drug-likeness (QED) is 0.550. The van der Waals surface area contributed by atoms with Gasteiger partial charge in [-0.25, -0.2) is 0 Å². The van der Waals surface area contributed by atoms with E-state index in [2.05, 4.69) is 5.32 Å². The van der Waals surface area contributed by atoms with Crippen LogP contribution in [0, 0.1) is 0 Å². The number of nitrogens with one attached hydrogen (secondary N) is 1. The monoisotopic (exact) mass is 216 g/mol. The summed E-state index contributed by atoms with van der Waals surface area (Å²) in [5.74, 6) is 0. The highest BCUT2D eigenvalue weighted by Crippen LogP contribution is 2.07. The van der Waals surface area contributed by atoms with Crippen molar-refractivity contribution in [2.45, 2.75) is 65.2 Å². The molecule has 0 unspecified atom stereocenters. The van der Waals surface area contributed by atoms with Crippen LogP contribution in [0.4, 0.5) is 0 Å². The van der Waals surface area contributed by atoms with E-state index in [9.17, 15) is 0 Å². The third kappa shape index (κ3) is 20.1. The van der Waals surface area contributed by atoms with Crippen molar-refractivity contribution in [1.29, 1.82) is 0 Å². The lowest BCUT2D eigenvalue weighted by Crippen LogP contribution is -2.06. The van der Waals surface area contributed by atoms with Crippen molar-refractivity contribution in [3.63, 3.8) is 0 Å². The van der Waals surface area contributed by atoms with E-state index in [-0.39, 0.29) is 0 Å². The molecule has 0 saturated heterocycles. The van der Waals surface area contributed by atoms with Gasteiger partial charge in [-0.05, 0) is 33.0 Å². The molecule has 3 N–H and O–H groups in total. The van der Waals surface area contributed by atoms with E-state index in [0.717, 1.165) is 6.54 Å². The van der Waals surface area contributed by atoms with Crippen molar-refractivity contribution in [1.82, 2.24) is 5.32 Å². The summed E-state index contributed by atoms with van der Waals surface area (Å²) in [6, 6.07) is 0. The fourth-order valence-corrected chi connectivity index (χ4v) is 1.51. The van der Waals surface area contributed by atoms with Gasteiger partial charge in [-0.3, -0.25) is 0 Å². The van der Waals surface area contributed by atoms with E-state index < -0.39 is 0 Å². The Morgan fingerprint density at radius 2 is 1.13 bits per heavy atom. The minimum atomic E-state index is 0.863. The maximum absolute atomic E-state index is 5.42. The van der Waals surface area contributed by atoms with Gasteiger partial charge in [-0.1, -0.05) is 52.4 Å². The lowest BCUT2D eigenvalue weighted by atomic mass is 10.1. The molecule has 2 nitrogen and oxygen atoms in total. The van der Waals surface area contributed by atoms with E-state index in [1.807, 2.05) is 20.9 Å². The summed E-state index contributed by atoms with van der Waals surface area (Å²) in [7, 11) is 2.02. The van der Waals surface area contributed by atoms with Crippen LogP contribution in [0.2, 0.25) is 0 Å². The SMILES string of the molecule is CC.CNCCCCCCCCCCN. The lowest BCUT2D eigenvalue weighted by Gasteiger charge is -2.01. The van der Waals surface area contributed by atoms with Crippen molar-refractivity contribution in [2.75, 3.05) is 20.1 Å². The van der Waals surface area contributed by atoms with E-state index in [4.69, 9.17) is 5.73 Å². The van der Waals surface area contributed by atoms with Crippen LogP contribution in [0.5, 0.6) is 0 Å². The maximum atomic E-state index is 5.42. The van der Waals surface area contributed by atoms with Gasteiger partial charge >= 0.3 is 0 Å². The maximum Gasteiger partial charge on any atom is -0.00519 e. The van der Waals surface area contributed by atoms with E-state index >= 15 is 0 Å². The molecule has 0 saturated carbocycles. The first-order chi connectivity index (χ1) is 7.41. The molecule has 94 valence electrons. The van der Waals surface area contributed by atoms with Crippen molar-refractivity contribution >= 4 is 0 Å². The molecule has 0 aromatic carbocycles. The van der Waals surface area contributed by atoms with E-state index in [0.29, 0.717) is 0 Å². The Morgan fingerprint density at radius 3 is 1.53 bits per heavy atom. The molecular weight excluding hydrogens is 184 g/mol. The predicted octanol–water partition coefficient (Wildman–Crippen LogP) is 3.31. The average Bonchev–Trinajstić information content (AvgIpc) is 2.30. The molecule has 15 heavy (non-hydrogen) atoms. The Kier molecular flexibility index (Phi) is 22.5. The molecule has 0 amide bonds. The van der Waals surface area contributed by atoms with Crippen molar-refractivity contribution in [2.24, 2.45) is 5.73 Å². The third-order valence-electron chi connectivity index (χ3n) is 2.38. The Morgan fingerprint density at radius 1 is 0.733 bits per heavy atom. The molecule has 0 aromatic rings. The Bertz CT molecular complexity index is 74.6. The van der Waals surface area contributed by atoms with Gasteiger partial charge in [0.05, 0.1) is 0 Å². The second-order valence-electron chi connectivity index (χ2n) is 3.72. The number of hydrogen-bond donors (Lipinski definition) is 2. The standard InChI is InChI=1S/C11H26N2.C2H6/c1-13-11-9-7-5-3-2-4-6-8-10-12;1-2/h13H,2-12H2,1H3;1-2H3. The van der Waals surface area contributed by atoms with Crippen LogP contribution < -0.4 is 11.1 Å². The van der Waals surface area contributed by atoms with Crippen LogP contribution in [-0.4, -0.2) is 20.1 Å². The molecule has 0 bridgehead atoms. The number of nitrogens with two attached hydrogens (primary N) is 1. The van der Waals surface area contributed by atoms with Crippen LogP contribution in [0.1, 0.15) is 65.2 Å². The Hall–Kier alpha value is -0.0800. The zero-order valence-electron chi connectivity index (χ0n) is 11.1. The normalized spacial score (nSPS) is 9.60. The Labute approximate surface area is 97.0 Å². The third-order valence-corrected chi connectivity index (χ3v) is 2.38. The van der Waals surface area contributed by atoms with Crippen LogP contribution >= 0.6 is 0 Å². The van der Waals surface area contributed by atoms with Crippen LogP contribution in [0.15, 0.2) is 0 Å².